The summed E-state index contributed by atoms with van der Waals surface area (Å²) in [6.45, 7) is 0. The van der Waals surface area contributed by atoms with Gasteiger partial charge in [0.15, 0.2) is 23.0 Å². The largest absolute Gasteiger partial charge is 0.493 e. The highest BCUT2D eigenvalue weighted by atomic mass is 16.5. The summed E-state index contributed by atoms with van der Waals surface area (Å²) in [6.07, 6.45) is 2.22. The number of rotatable bonds is 12. The maximum Gasteiger partial charge on any atom is 0.249 e. The smallest absolute Gasteiger partial charge is 0.249 e. The van der Waals surface area contributed by atoms with Crippen LogP contribution < -0.4 is 39.3 Å². The molecule has 0 bridgehead atoms. The highest BCUT2D eigenvalue weighted by Crippen LogP contribution is 2.39. The van der Waals surface area contributed by atoms with Crippen molar-refractivity contribution in [2.24, 2.45) is 10.2 Å². The van der Waals surface area contributed by atoms with Crippen LogP contribution in [0.1, 0.15) is 17.5 Å². The van der Waals surface area contributed by atoms with Crippen LogP contribution >= 0.6 is 0 Å². The predicted octanol–water partition coefficient (Wildman–Crippen LogP) is 1.73. The number of methoxy groups -OCH3 is 6. The Morgan fingerprint density at radius 3 is 1.31 bits per heavy atom. The minimum absolute atomic E-state index is 0.377. The lowest BCUT2D eigenvalue weighted by Gasteiger charge is -2.13. The first-order valence-corrected chi connectivity index (χ1v) is 10.2. The molecule has 12 nitrogen and oxygen atoms in total. The molecule has 12 heteroatoms. The lowest BCUT2D eigenvalue weighted by atomic mass is 10.2. The Kier molecular flexibility index (Phi) is 10.2. The number of amides is 2. The molecule has 0 spiro atoms. The van der Waals surface area contributed by atoms with Crippen LogP contribution in [-0.4, -0.2) is 66.9 Å². The van der Waals surface area contributed by atoms with Gasteiger partial charge in [-0.05, 0) is 24.3 Å². The average molecular weight is 488 g/mol. The van der Waals surface area contributed by atoms with E-state index in [0.717, 1.165) is 0 Å². The fourth-order valence-corrected chi connectivity index (χ4v) is 3.02. The molecule has 35 heavy (non-hydrogen) atoms. The van der Waals surface area contributed by atoms with Gasteiger partial charge < -0.3 is 28.4 Å². The van der Waals surface area contributed by atoms with Crippen LogP contribution in [0.5, 0.6) is 34.5 Å². The van der Waals surface area contributed by atoms with Crippen molar-refractivity contribution in [2.45, 2.75) is 6.42 Å². The summed E-state index contributed by atoms with van der Waals surface area (Å²) in [5.41, 5.74) is 5.61. The number of hydrazone groups is 2. The summed E-state index contributed by atoms with van der Waals surface area (Å²) in [6, 6.07) is 6.70. The summed E-state index contributed by atoms with van der Waals surface area (Å²) in [5, 5.41) is 7.72. The Morgan fingerprint density at radius 1 is 0.629 bits per heavy atom. The molecule has 0 unspecified atom stereocenters. The van der Waals surface area contributed by atoms with Gasteiger partial charge >= 0.3 is 0 Å². The van der Waals surface area contributed by atoms with Gasteiger partial charge in [0.05, 0.1) is 55.1 Å². The zero-order chi connectivity index (χ0) is 25.8. The summed E-state index contributed by atoms with van der Waals surface area (Å²) < 4.78 is 31.7. The molecule has 2 aromatic rings. The molecule has 0 saturated heterocycles. The van der Waals surface area contributed by atoms with E-state index >= 15 is 0 Å². The first-order chi connectivity index (χ1) is 16.9. The minimum atomic E-state index is -0.642. The number of benzene rings is 2. The third-order valence-electron chi connectivity index (χ3n) is 4.58. The van der Waals surface area contributed by atoms with E-state index in [-0.39, 0.29) is 0 Å². The molecule has 0 aliphatic rings. The highest BCUT2D eigenvalue weighted by molar-refractivity contribution is 5.98. The first kappa shape index (κ1) is 26.8. The van der Waals surface area contributed by atoms with Gasteiger partial charge in [-0.2, -0.15) is 10.2 Å². The average Bonchev–Trinajstić information content (AvgIpc) is 2.87. The van der Waals surface area contributed by atoms with Crippen molar-refractivity contribution in [1.29, 1.82) is 0 Å². The molecule has 0 aromatic heterocycles. The Balaban J connectivity index is 1.97. The van der Waals surface area contributed by atoms with Crippen molar-refractivity contribution in [3.8, 4) is 34.5 Å². The summed E-state index contributed by atoms with van der Waals surface area (Å²) in [5.74, 6) is 1.20. The second kappa shape index (κ2) is 13.3. The fraction of sp³-hybridized carbons (Fsp3) is 0.304. The van der Waals surface area contributed by atoms with Crippen molar-refractivity contribution >= 4 is 24.2 Å². The van der Waals surface area contributed by atoms with Gasteiger partial charge in [-0.1, -0.05) is 0 Å². The molecule has 0 fully saturated rings. The Morgan fingerprint density at radius 2 is 1.00 bits per heavy atom. The molecule has 2 amide bonds. The van der Waals surface area contributed by atoms with Gasteiger partial charge in [-0.25, -0.2) is 10.9 Å². The van der Waals surface area contributed by atoms with E-state index < -0.39 is 18.2 Å². The maximum atomic E-state index is 12.0. The quantitative estimate of drug-likeness (QED) is 0.262. The van der Waals surface area contributed by atoms with Crippen LogP contribution in [0.25, 0.3) is 0 Å². The van der Waals surface area contributed by atoms with Crippen molar-refractivity contribution in [3.05, 3.63) is 35.4 Å². The van der Waals surface area contributed by atoms with Gasteiger partial charge in [0.2, 0.25) is 23.3 Å². The van der Waals surface area contributed by atoms with E-state index in [9.17, 15) is 9.59 Å². The topological polar surface area (TPSA) is 138 Å². The molecule has 0 aliphatic heterocycles. The first-order valence-electron chi connectivity index (χ1n) is 10.2. The standard InChI is InChI=1S/C23H28N4O8/c1-30-16-9-7-14(20(32-3)22(16)34-5)12-24-26-18(28)11-19(29)27-25-13-15-8-10-17(31-2)23(35-6)21(15)33-4/h7-10,12-13H,11H2,1-6H3,(H,26,28)(H,27,29)/b24-12-,25-13-. The van der Waals surface area contributed by atoms with Crippen LogP contribution in [0.3, 0.4) is 0 Å². The van der Waals surface area contributed by atoms with Crippen molar-refractivity contribution in [2.75, 3.05) is 42.7 Å². The normalized spacial score (nSPS) is 10.7. The number of carbonyl (C=O) groups excluding carboxylic acids is 2. The molecule has 188 valence electrons. The highest BCUT2D eigenvalue weighted by Gasteiger charge is 2.16. The van der Waals surface area contributed by atoms with Gasteiger partial charge in [0.25, 0.3) is 0 Å². The third kappa shape index (κ3) is 6.76. The van der Waals surface area contributed by atoms with E-state index in [1.807, 2.05) is 0 Å². The number of carbonyl (C=O) groups is 2. The summed E-state index contributed by atoms with van der Waals surface area (Å²) in [7, 11) is 8.90. The van der Waals surface area contributed by atoms with E-state index in [2.05, 4.69) is 21.1 Å². The Labute approximate surface area is 202 Å². The van der Waals surface area contributed by atoms with Crippen molar-refractivity contribution in [3.63, 3.8) is 0 Å². The van der Waals surface area contributed by atoms with E-state index in [4.69, 9.17) is 28.4 Å². The van der Waals surface area contributed by atoms with Crippen LogP contribution in [0.15, 0.2) is 34.5 Å². The second-order valence-electron chi connectivity index (χ2n) is 6.61. The zero-order valence-electron chi connectivity index (χ0n) is 20.3. The molecule has 2 rings (SSSR count). The minimum Gasteiger partial charge on any atom is -0.493 e. The number of nitrogens with one attached hydrogen (secondary N) is 2. The number of hydrogen-bond donors (Lipinski definition) is 2. The number of hydrogen-bond acceptors (Lipinski definition) is 10. The second-order valence-corrected chi connectivity index (χ2v) is 6.61. The Bertz CT molecular complexity index is 1020. The van der Waals surface area contributed by atoms with E-state index in [0.29, 0.717) is 45.6 Å². The zero-order valence-corrected chi connectivity index (χ0v) is 20.3. The summed E-state index contributed by atoms with van der Waals surface area (Å²) in [4.78, 5) is 24.1. The van der Waals surface area contributed by atoms with Crippen LogP contribution in [0.2, 0.25) is 0 Å². The van der Waals surface area contributed by atoms with E-state index in [1.165, 1.54) is 55.1 Å². The number of ether oxygens (including phenoxy) is 6. The molecule has 0 atom stereocenters. The van der Waals surface area contributed by atoms with Gasteiger partial charge in [0.1, 0.15) is 6.42 Å². The molecule has 0 saturated carbocycles. The van der Waals surface area contributed by atoms with Gasteiger partial charge in [-0.3, -0.25) is 9.59 Å². The molecular weight excluding hydrogens is 460 g/mol. The van der Waals surface area contributed by atoms with Crippen molar-refractivity contribution < 1.29 is 38.0 Å². The van der Waals surface area contributed by atoms with Gasteiger partial charge in [-0.15, -0.1) is 0 Å². The molecular formula is C23H28N4O8. The number of nitrogens with zero attached hydrogens (tertiary/aromatic N) is 2. The maximum absolute atomic E-state index is 12.0. The fourth-order valence-electron chi connectivity index (χ4n) is 3.02. The molecule has 0 aliphatic carbocycles. The van der Waals surface area contributed by atoms with E-state index in [1.54, 1.807) is 24.3 Å². The van der Waals surface area contributed by atoms with Crippen LogP contribution in [-0.2, 0) is 9.59 Å². The monoisotopic (exact) mass is 488 g/mol. The van der Waals surface area contributed by atoms with Crippen molar-refractivity contribution in [1.82, 2.24) is 10.9 Å². The molecule has 2 N–H and O–H groups in total. The molecule has 2 aromatic carbocycles. The third-order valence-corrected chi connectivity index (χ3v) is 4.58. The lowest BCUT2D eigenvalue weighted by Crippen LogP contribution is -2.27. The Hall–Kier alpha value is -4.48. The molecule has 0 radical (unpaired) electrons. The summed E-state index contributed by atoms with van der Waals surface area (Å²) >= 11 is 0. The van der Waals surface area contributed by atoms with Crippen LogP contribution in [0, 0.1) is 0 Å². The van der Waals surface area contributed by atoms with Crippen LogP contribution in [0.4, 0.5) is 0 Å². The predicted molar refractivity (Wildman–Crippen MR) is 128 cm³/mol. The van der Waals surface area contributed by atoms with Gasteiger partial charge in [0, 0.05) is 11.1 Å². The SMILES string of the molecule is COc1ccc(/C=N\NC(=O)CC(=O)N/N=C\c2ccc(OC)c(OC)c2OC)c(OC)c1OC. The molecule has 0 heterocycles. The lowest BCUT2D eigenvalue weighted by molar-refractivity contribution is -0.129.